The monoisotopic (exact) mass is 331 g/mol. The second kappa shape index (κ2) is 5.96. The maximum Gasteiger partial charge on any atom is 0.416 e. The smallest absolute Gasteiger partial charge is 0.416 e. The summed E-state index contributed by atoms with van der Waals surface area (Å²) in [7, 11) is 1.53. The predicted octanol–water partition coefficient (Wildman–Crippen LogP) is 4.74. The van der Waals surface area contributed by atoms with Gasteiger partial charge in [0.15, 0.2) is 6.29 Å². The quantitative estimate of drug-likeness (QED) is 0.651. The Morgan fingerprint density at radius 3 is 2.33 bits per heavy atom. The molecule has 0 bridgehead atoms. The highest BCUT2D eigenvalue weighted by molar-refractivity contribution is 5.93. The standard InChI is InChI=1S/C18H12F3NO2/c1-24-15-6-7-16-12(9-15)8-13(10-23)17(22-16)11-2-4-14(5-3-11)18(19,20)21/h2-10H,1H3. The summed E-state index contributed by atoms with van der Waals surface area (Å²) in [4.78, 5) is 15.8. The van der Waals surface area contributed by atoms with Crippen molar-refractivity contribution < 1.29 is 22.7 Å². The van der Waals surface area contributed by atoms with Crippen molar-refractivity contribution in [2.24, 2.45) is 0 Å². The second-order valence-electron chi connectivity index (χ2n) is 5.18. The molecule has 2 aromatic carbocycles. The molecule has 0 unspecified atom stereocenters. The van der Waals surface area contributed by atoms with Gasteiger partial charge >= 0.3 is 6.18 Å². The molecule has 1 aromatic heterocycles. The van der Waals surface area contributed by atoms with E-state index in [0.29, 0.717) is 39.8 Å². The molecule has 0 fully saturated rings. The average Bonchev–Trinajstić information content (AvgIpc) is 2.59. The molecule has 6 heteroatoms. The van der Waals surface area contributed by atoms with Crippen LogP contribution in [0, 0.1) is 0 Å². The zero-order valence-corrected chi connectivity index (χ0v) is 12.6. The number of aldehydes is 1. The van der Waals surface area contributed by atoms with Crippen LogP contribution >= 0.6 is 0 Å². The molecule has 3 nitrogen and oxygen atoms in total. The van der Waals surface area contributed by atoms with Gasteiger partial charge in [-0.2, -0.15) is 13.2 Å². The van der Waals surface area contributed by atoms with Crippen molar-refractivity contribution in [3.05, 3.63) is 59.7 Å². The number of methoxy groups -OCH3 is 1. The van der Waals surface area contributed by atoms with E-state index in [-0.39, 0.29) is 0 Å². The second-order valence-corrected chi connectivity index (χ2v) is 5.18. The van der Waals surface area contributed by atoms with Crippen molar-refractivity contribution >= 4 is 17.2 Å². The van der Waals surface area contributed by atoms with Gasteiger partial charge in [0.25, 0.3) is 0 Å². The number of benzene rings is 2. The van der Waals surface area contributed by atoms with Crippen LogP contribution in [-0.2, 0) is 6.18 Å². The van der Waals surface area contributed by atoms with E-state index < -0.39 is 11.7 Å². The molecule has 0 N–H and O–H groups in total. The van der Waals surface area contributed by atoms with Crippen molar-refractivity contribution in [1.29, 1.82) is 0 Å². The minimum absolute atomic E-state index is 0.301. The number of hydrogen-bond donors (Lipinski definition) is 0. The minimum atomic E-state index is -4.40. The number of alkyl halides is 3. The first-order valence-corrected chi connectivity index (χ1v) is 7.04. The molecule has 0 spiro atoms. The number of halogens is 3. The van der Waals surface area contributed by atoms with Gasteiger partial charge in [0.2, 0.25) is 0 Å². The molecule has 24 heavy (non-hydrogen) atoms. The van der Waals surface area contributed by atoms with Crippen LogP contribution in [-0.4, -0.2) is 18.4 Å². The van der Waals surface area contributed by atoms with E-state index in [2.05, 4.69) is 4.98 Å². The van der Waals surface area contributed by atoms with E-state index >= 15 is 0 Å². The summed E-state index contributed by atoms with van der Waals surface area (Å²) in [5.74, 6) is 0.628. The Hall–Kier alpha value is -2.89. The van der Waals surface area contributed by atoms with Crippen molar-refractivity contribution in [2.75, 3.05) is 7.11 Å². The van der Waals surface area contributed by atoms with Crippen LogP contribution in [0.2, 0.25) is 0 Å². The maximum absolute atomic E-state index is 12.7. The van der Waals surface area contributed by atoms with Crippen molar-refractivity contribution in [3.8, 4) is 17.0 Å². The molecule has 0 radical (unpaired) electrons. The number of ether oxygens (including phenoxy) is 1. The molecule has 0 saturated carbocycles. The van der Waals surface area contributed by atoms with Gasteiger partial charge in [0.05, 0.1) is 23.9 Å². The van der Waals surface area contributed by atoms with Crippen LogP contribution in [0.5, 0.6) is 5.75 Å². The third-order valence-electron chi connectivity index (χ3n) is 3.66. The number of pyridine rings is 1. The molecule has 0 amide bonds. The summed E-state index contributed by atoms with van der Waals surface area (Å²) in [5, 5.41) is 0.715. The summed E-state index contributed by atoms with van der Waals surface area (Å²) in [6, 6.07) is 11.4. The Bertz CT molecular complexity index is 903. The molecule has 122 valence electrons. The Kier molecular flexibility index (Phi) is 3.97. The lowest BCUT2D eigenvalue weighted by Crippen LogP contribution is -2.04. The van der Waals surface area contributed by atoms with E-state index in [1.807, 2.05) is 0 Å². The van der Waals surface area contributed by atoms with Gasteiger partial charge in [-0.25, -0.2) is 4.98 Å². The van der Waals surface area contributed by atoms with Crippen molar-refractivity contribution in [1.82, 2.24) is 4.98 Å². The third-order valence-corrected chi connectivity index (χ3v) is 3.66. The van der Waals surface area contributed by atoms with Gasteiger partial charge < -0.3 is 4.74 Å². The van der Waals surface area contributed by atoms with Gasteiger partial charge in [-0.05, 0) is 36.4 Å². The lowest BCUT2D eigenvalue weighted by molar-refractivity contribution is -0.137. The van der Waals surface area contributed by atoms with Gasteiger partial charge in [0.1, 0.15) is 5.75 Å². The van der Waals surface area contributed by atoms with E-state index in [4.69, 9.17) is 4.74 Å². The summed E-state index contributed by atoms with van der Waals surface area (Å²) in [6.45, 7) is 0. The van der Waals surface area contributed by atoms with Crippen molar-refractivity contribution in [2.45, 2.75) is 6.18 Å². The molecule has 1 heterocycles. The third kappa shape index (κ3) is 2.95. The molecule has 3 aromatic rings. The summed E-state index contributed by atoms with van der Waals surface area (Å²) < 4.78 is 43.1. The van der Waals surface area contributed by atoms with E-state index in [0.717, 1.165) is 12.1 Å². The Labute approximate surface area is 135 Å². The van der Waals surface area contributed by atoms with Crippen LogP contribution < -0.4 is 4.74 Å². The van der Waals surface area contributed by atoms with Crippen LogP contribution in [0.4, 0.5) is 13.2 Å². The Balaban J connectivity index is 2.13. The van der Waals surface area contributed by atoms with Gasteiger partial charge in [-0.3, -0.25) is 4.79 Å². The van der Waals surface area contributed by atoms with Crippen molar-refractivity contribution in [3.63, 3.8) is 0 Å². The summed E-state index contributed by atoms with van der Waals surface area (Å²) in [5.41, 5.74) is 0.968. The molecule has 0 aliphatic heterocycles. The van der Waals surface area contributed by atoms with E-state index in [1.165, 1.54) is 19.2 Å². The minimum Gasteiger partial charge on any atom is -0.497 e. The first-order chi connectivity index (χ1) is 11.4. The van der Waals surface area contributed by atoms with E-state index in [9.17, 15) is 18.0 Å². The number of carbonyl (C=O) groups excluding carboxylic acids is 1. The fraction of sp³-hybridized carbons (Fsp3) is 0.111. The number of hydrogen-bond acceptors (Lipinski definition) is 3. The lowest BCUT2D eigenvalue weighted by Gasteiger charge is -2.10. The molecule has 0 saturated heterocycles. The molecule has 0 aliphatic rings. The SMILES string of the molecule is COc1ccc2nc(-c3ccc(C(F)(F)F)cc3)c(C=O)cc2c1. The normalized spacial score (nSPS) is 11.5. The largest absolute Gasteiger partial charge is 0.497 e. The number of aromatic nitrogens is 1. The predicted molar refractivity (Wildman–Crippen MR) is 84.1 cm³/mol. The summed E-state index contributed by atoms with van der Waals surface area (Å²) >= 11 is 0. The number of carbonyl (C=O) groups is 1. The summed E-state index contributed by atoms with van der Waals surface area (Å²) in [6.07, 6.45) is -3.77. The molecule has 0 atom stereocenters. The Morgan fingerprint density at radius 1 is 1.04 bits per heavy atom. The number of nitrogens with zero attached hydrogens (tertiary/aromatic N) is 1. The van der Waals surface area contributed by atoms with Gasteiger partial charge in [-0.15, -0.1) is 0 Å². The van der Waals surface area contributed by atoms with E-state index in [1.54, 1.807) is 24.3 Å². The fourth-order valence-corrected chi connectivity index (χ4v) is 2.44. The molecular formula is C18H12F3NO2. The van der Waals surface area contributed by atoms with Crippen LogP contribution in [0.3, 0.4) is 0 Å². The lowest BCUT2D eigenvalue weighted by atomic mass is 10.0. The zero-order chi connectivity index (χ0) is 17.3. The Morgan fingerprint density at radius 2 is 1.75 bits per heavy atom. The first-order valence-electron chi connectivity index (χ1n) is 7.04. The number of fused-ring (bicyclic) bond motifs is 1. The first kappa shape index (κ1) is 16.0. The zero-order valence-electron chi connectivity index (χ0n) is 12.6. The highest BCUT2D eigenvalue weighted by Gasteiger charge is 2.30. The van der Waals surface area contributed by atoms with Gasteiger partial charge in [-0.1, -0.05) is 12.1 Å². The van der Waals surface area contributed by atoms with Gasteiger partial charge in [0, 0.05) is 16.5 Å². The van der Waals surface area contributed by atoms with Crippen LogP contribution in [0.15, 0.2) is 48.5 Å². The fourth-order valence-electron chi connectivity index (χ4n) is 2.44. The maximum atomic E-state index is 12.7. The average molecular weight is 331 g/mol. The van der Waals surface area contributed by atoms with Crippen LogP contribution in [0.25, 0.3) is 22.2 Å². The molecule has 0 aliphatic carbocycles. The molecule has 3 rings (SSSR count). The highest BCUT2D eigenvalue weighted by Crippen LogP contribution is 2.32. The molecular weight excluding hydrogens is 319 g/mol. The topological polar surface area (TPSA) is 39.2 Å². The highest BCUT2D eigenvalue weighted by atomic mass is 19.4. The van der Waals surface area contributed by atoms with Crippen LogP contribution in [0.1, 0.15) is 15.9 Å². The number of rotatable bonds is 3.